The highest BCUT2D eigenvalue weighted by Gasteiger charge is 2.22. The normalized spacial score (nSPS) is 18.3. The summed E-state index contributed by atoms with van der Waals surface area (Å²) < 4.78 is 1.98. The molecule has 2 aromatic rings. The van der Waals surface area contributed by atoms with E-state index in [1.54, 1.807) is 0 Å². The van der Waals surface area contributed by atoms with Gasteiger partial charge in [0.25, 0.3) is 0 Å². The van der Waals surface area contributed by atoms with Crippen LogP contribution in [0.15, 0.2) is 30.5 Å². The number of carbonyl (C=O) groups is 1. The lowest BCUT2D eigenvalue weighted by molar-refractivity contribution is 0.129. The van der Waals surface area contributed by atoms with Crippen LogP contribution in [0.1, 0.15) is 19.3 Å². The summed E-state index contributed by atoms with van der Waals surface area (Å²) in [6.45, 7) is 3.02. The van der Waals surface area contributed by atoms with Gasteiger partial charge in [-0.1, -0.05) is 18.2 Å². The molecule has 0 unspecified atom stereocenters. The number of aliphatic hydroxyl groups excluding tert-OH is 1. The zero-order valence-electron chi connectivity index (χ0n) is 13.3. The van der Waals surface area contributed by atoms with Crippen LogP contribution in [0.25, 0.3) is 10.9 Å². The van der Waals surface area contributed by atoms with Crippen LogP contribution < -0.4 is 5.32 Å². The number of para-hydroxylation sites is 1. The fraction of sp³-hybridized carbons (Fsp3) is 0.529. The Kier molecular flexibility index (Phi) is 5.12. The minimum atomic E-state index is -0.0199. The van der Waals surface area contributed by atoms with Crippen LogP contribution >= 0.6 is 0 Å². The Morgan fingerprint density at radius 3 is 3.13 bits per heavy atom. The molecule has 6 heteroatoms. The quantitative estimate of drug-likeness (QED) is 0.827. The van der Waals surface area contributed by atoms with Crippen molar-refractivity contribution < 1.29 is 9.90 Å². The summed E-state index contributed by atoms with van der Waals surface area (Å²) in [5.41, 5.74) is 1.13. The molecule has 124 valence electrons. The van der Waals surface area contributed by atoms with Gasteiger partial charge < -0.3 is 15.3 Å². The van der Waals surface area contributed by atoms with Gasteiger partial charge in [-0.3, -0.25) is 4.68 Å². The molecule has 1 aromatic carbocycles. The van der Waals surface area contributed by atoms with Gasteiger partial charge >= 0.3 is 6.03 Å². The Hall–Kier alpha value is -2.08. The number of likely N-dealkylation sites (tertiary alicyclic amines) is 1. The van der Waals surface area contributed by atoms with E-state index in [0.29, 0.717) is 13.1 Å². The maximum absolute atomic E-state index is 12.1. The predicted molar refractivity (Wildman–Crippen MR) is 89.1 cm³/mol. The van der Waals surface area contributed by atoms with E-state index in [0.717, 1.165) is 43.3 Å². The molecule has 3 rings (SSSR count). The van der Waals surface area contributed by atoms with Gasteiger partial charge in [0.2, 0.25) is 0 Å². The molecule has 0 bridgehead atoms. The maximum atomic E-state index is 12.1. The Morgan fingerprint density at radius 2 is 2.26 bits per heavy atom. The van der Waals surface area contributed by atoms with Crippen LogP contribution in [0, 0.1) is 5.92 Å². The molecule has 1 saturated heterocycles. The number of fused-ring (bicyclic) bond motifs is 1. The number of hydrogen-bond acceptors (Lipinski definition) is 3. The van der Waals surface area contributed by atoms with Crippen molar-refractivity contribution >= 4 is 16.9 Å². The van der Waals surface area contributed by atoms with E-state index in [4.69, 9.17) is 0 Å². The fourth-order valence-corrected chi connectivity index (χ4v) is 3.14. The second-order valence-corrected chi connectivity index (χ2v) is 6.15. The van der Waals surface area contributed by atoms with Gasteiger partial charge in [-0.15, -0.1) is 0 Å². The number of aryl methyl sites for hydroxylation is 1. The zero-order valence-corrected chi connectivity index (χ0v) is 13.3. The SMILES string of the molecule is O=C(NCCCn1ncc2ccccc21)N1CCC[C@H](CO)C1. The first-order chi connectivity index (χ1) is 11.3. The summed E-state index contributed by atoms with van der Waals surface area (Å²) in [5.74, 6) is 0.227. The number of carbonyl (C=O) groups excluding carboxylic acids is 1. The Bertz CT molecular complexity index is 655. The lowest BCUT2D eigenvalue weighted by Gasteiger charge is -2.31. The second-order valence-electron chi connectivity index (χ2n) is 6.15. The highest BCUT2D eigenvalue weighted by Crippen LogP contribution is 2.15. The van der Waals surface area contributed by atoms with E-state index in [1.165, 1.54) is 0 Å². The Morgan fingerprint density at radius 1 is 1.39 bits per heavy atom. The van der Waals surface area contributed by atoms with Gasteiger partial charge in [-0.05, 0) is 31.2 Å². The van der Waals surface area contributed by atoms with Gasteiger partial charge in [0.15, 0.2) is 0 Å². The number of amides is 2. The first kappa shape index (κ1) is 15.8. The summed E-state index contributed by atoms with van der Waals surface area (Å²) in [4.78, 5) is 14.0. The third-order valence-corrected chi connectivity index (χ3v) is 4.44. The van der Waals surface area contributed by atoms with E-state index in [2.05, 4.69) is 22.5 Å². The zero-order chi connectivity index (χ0) is 16.1. The molecule has 1 atom stereocenters. The molecule has 23 heavy (non-hydrogen) atoms. The summed E-state index contributed by atoms with van der Waals surface area (Å²) >= 11 is 0. The summed E-state index contributed by atoms with van der Waals surface area (Å²) in [6.07, 6.45) is 4.69. The number of aromatic nitrogens is 2. The van der Waals surface area contributed by atoms with Crippen LogP contribution in [0.2, 0.25) is 0 Å². The van der Waals surface area contributed by atoms with Crippen molar-refractivity contribution in [3.63, 3.8) is 0 Å². The number of benzene rings is 1. The smallest absolute Gasteiger partial charge is 0.317 e. The molecule has 1 aromatic heterocycles. The van der Waals surface area contributed by atoms with Crippen LogP contribution in [-0.2, 0) is 6.54 Å². The standard InChI is InChI=1S/C17H24N4O2/c22-13-14-5-3-9-20(12-14)17(23)18-8-4-10-21-16-7-2-1-6-15(16)11-19-21/h1-2,6-7,11,14,22H,3-5,8-10,12-13H2,(H,18,23)/t14-/m0/s1. The minimum Gasteiger partial charge on any atom is -0.396 e. The predicted octanol–water partition coefficient (Wildman–Crippen LogP) is 1.84. The van der Waals surface area contributed by atoms with Crippen molar-refractivity contribution in [2.45, 2.75) is 25.8 Å². The fourth-order valence-electron chi connectivity index (χ4n) is 3.14. The molecule has 2 amide bonds. The Labute approximate surface area is 136 Å². The lowest BCUT2D eigenvalue weighted by atomic mass is 9.99. The molecule has 0 saturated carbocycles. The third kappa shape index (κ3) is 3.82. The molecular weight excluding hydrogens is 292 g/mol. The Balaban J connectivity index is 1.43. The highest BCUT2D eigenvalue weighted by molar-refractivity contribution is 5.78. The molecule has 1 fully saturated rings. The number of nitrogens with one attached hydrogen (secondary N) is 1. The number of aliphatic hydroxyl groups is 1. The molecule has 0 radical (unpaired) electrons. The molecule has 6 nitrogen and oxygen atoms in total. The minimum absolute atomic E-state index is 0.0199. The van der Waals surface area contributed by atoms with Crippen molar-refractivity contribution in [1.29, 1.82) is 0 Å². The number of urea groups is 1. The number of piperidine rings is 1. The molecule has 1 aliphatic heterocycles. The van der Waals surface area contributed by atoms with Crippen LogP contribution in [0.4, 0.5) is 4.79 Å². The van der Waals surface area contributed by atoms with Crippen LogP contribution in [-0.4, -0.2) is 52.1 Å². The van der Waals surface area contributed by atoms with Crippen LogP contribution in [0.3, 0.4) is 0 Å². The summed E-state index contributed by atoms with van der Waals surface area (Å²) in [6, 6.07) is 8.11. The molecule has 2 N–H and O–H groups in total. The largest absolute Gasteiger partial charge is 0.396 e. The number of hydrogen-bond donors (Lipinski definition) is 2. The number of nitrogens with zero attached hydrogens (tertiary/aromatic N) is 3. The third-order valence-electron chi connectivity index (χ3n) is 4.44. The number of rotatable bonds is 5. The van der Waals surface area contributed by atoms with Gasteiger partial charge in [-0.25, -0.2) is 4.79 Å². The van der Waals surface area contributed by atoms with Crippen molar-refractivity contribution in [3.05, 3.63) is 30.5 Å². The van der Waals surface area contributed by atoms with Gasteiger partial charge in [0.05, 0.1) is 11.7 Å². The van der Waals surface area contributed by atoms with E-state index in [9.17, 15) is 9.90 Å². The van der Waals surface area contributed by atoms with Crippen molar-refractivity contribution in [2.75, 3.05) is 26.2 Å². The van der Waals surface area contributed by atoms with E-state index in [1.807, 2.05) is 27.9 Å². The van der Waals surface area contributed by atoms with Gasteiger partial charge in [-0.2, -0.15) is 5.10 Å². The van der Waals surface area contributed by atoms with E-state index < -0.39 is 0 Å². The van der Waals surface area contributed by atoms with Gasteiger partial charge in [0, 0.05) is 38.2 Å². The first-order valence-electron chi connectivity index (χ1n) is 8.32. The van der Waals surface area contributed by atoms with E-state index in [-0.39, 0.29) is 18.6 Å². The molecule has 0 aliphatic carbocycles. The van der Waals surface area contributed by atoms with Crippen LogP contribution in [0.5, 0.6) is 0 Å². The van der Waals surface area contributed by atoms with Crippen molar-refractivity contribution in [2.24, 2.45) is 5.92 Å². The summed E-state index contributed by atoms with van der Waals surface area (Å²) in [7, 11) is 0. The first-order valence-corrected chi connectivity index (χ1v) is 8.32. The average Bonchev–Trinajstić information content (AvgIpc) is 3.02. The summed E-state index contributed by atoms with van der Waals surface area (Å²) in [5, 5.41) is 17.7. The average molecular weight is 316 g/mol. The van der Waals surface area contributed by atoms with E-state index >= 15 is 0 Å². The van der Waals surface area contributed by atoms with Crippen molar-refractivity contribution in [1.82, 2.24) is 20.0 Å². The molecular formula is C17H24N4O2. The maximum Gasteiger partial charge on any atom is 0.317 e. The lowest BCUT2D eigenvalue weighted by Crippen LogP contribution is -2.46. The topological polar surface area (TPSA) is 70.4 Å². The molecule has 0 spiro atoms. The monoisotopic (exact) mass is 316 g/mol. The molecule has 2 heterocycles. The van der Waals surface area contributed by atoms with Crippen molar-refractivity contribution in [3.8, 4) is 0 Å². The highest BCUT2D eigenvalue weighted by atomic mass is 16.3. The molecule has 1 aliphatic rings. The van der Waals surface area contributed by atoms with Gasteiger partial charge in [0.1, 0.15) is 0 Å². The second kappa shape index (κ2) is 7.46.